The molecule has 0 saturated carbocycles. The van der Waals surface area contributed by atoms with Gasteiger partial charge in [0.25, 0.3) is 0 Å². The average molecular weight is 308 g/mol. The van der Waals surface area contributed by atoms with Gasteiger partial charge in [-0.1, -0.05) is 13.8 Å². The lowest BCUT2D eigenvalue weighted by molar-refractivity contribution is -0.132. The van der Waals surface area contributed by atoms with E-state index in [1.807, 2.05) is 13.8 Å². The molecule has 0 bridgehead atoms. The van der Waals surface area contributed by atoms with E-state index < -0.39 is 6.04 Å². The third kappa shape index (κ3) is 6.54. The highest BCUT2D eigenvalue weighted by molar-refractivity contribution is 5.88. The molecule has 1 aliphatic rings. The zero-order valence-corrected chi connectivity index (χ0v) is 13.2. The molecule has 2 atom stereocenters. The molecule has 0 aromatic rings. The fourth-order valence-electron chi connectivity index (χ4n) is 2.15. The van der Waals surface area contributed by atoms with Crippen LogP contribution < -0.4 is 16.0 Å². The smallest absolute Gasteiger partial charge is 0.246 e. The summed E-state index contributed by atoms with van der Waals surface area (Å²) in [6.07, 6.45) is 2.24. The molecule has 0 aromatic heterocycles. The number of halogens is 1. The number of amides is 2. The quantitative estimate of drug-likeness (QED) is 0.621. The van der Waals surface area contributed by atoms with Crippen LogP contribution in [0.3, 0.4) is 0 Å². The second-order valence-corrected chi connectivity index (χ2v) is 5.26. The number of ether oxygens (including phenoxy) is 1. The van der Waals surface area contributed by atoms with Crippen molar-refractivity contribution in [3.63, 3.8) is 0 Å². The minimum absolute atomic E-state index is 0. The van der Waals surface area contributed by atoms with Crippen molar-refractivity contribution in [2.24, 2.45) is 5.92 Å². The van der Waals surface area contributed by atoms with E-state index in [-0.39, 0.29) is 36.7 Å². The lowest BCUT2D eigenvalue weighted by Crippen LogP contribution is -2.52. The summed E-state index contributed by atoms with van der Waals surface area (Å²) < 4.78 is 4.75. The lowest BCUT2D eigenvalue weighted by atomic mass is 10.0. The molecule has 6 nitrogen and oxygen atoms in total. The van der Waals surface area contributed by atoms with Gasteiger partial charge in [-0.05, 0) is 25.3 Å². The Morgan fingerprint density at radius 1 is 1.40 bits per heavy atom. The lowest BCUT2D eigenvalue weighted by Gasteiger charge is -2.22. The second kappa shape index (κ2) is 9.96. The summed E-state index contributed by atoms with van der Waals surface area (Å²) in [5.41, 5.74) is 0. The molecule has 1 aliphatic heterocycles. The number of carbonyl (C=O) groups is 2. The van der Waals surface area contributed by atoms with Gasteiger partial charge in [0.05, 0.1) is 0 Å². The van der Waals surface area contributed by atoms with Crippen LogP contribution in [-0.4, -0.2) is 50.7 Å². The predicted octanol–water partition coefficient (Wildman–Crippen LogP) is 0.0636. The first kappa shape index (κ1) is 19.1. The van der Waals surface area contributed by atoms with Gasteiger partial charge in [0.2, 0.25) is 11.8 Å². The minimum atomic E-state index is -0.510. The van der Waals surface area contributed by atoms with Crippen molar-refractivity contribution in [2.75, 3.05) is 26.8 Å². The van der Waals surface area contributed by atoms with Crippen molar-refractivity contribution < 1.29 is 14.3 Å². The van der Waals surface area contributed by atoms with Crippen LogP contribution in [0.15, 0.2) is 0 Å². The standard InChI is InChI=1S/C13H25N3O3.ClH/c1-9(2)12(16-11(17)8-19-3)13(18)15-7-10-5-4-6-14-10;/h9-10,12,14H,4-8H2,1-3H3,(H,15,18)(H,16,17);1H/t10?,12-;/m0./s1. The fourth-order valence-corrected chi connectivity index (χ4v) is 2.15. The second-order valence-electron chi connectivity index (χ2n) is 5.26. The van der Waals surface area contributed by atoms with Crippen molar-refractivity contribution in [3.05, 3.63) is 0 Å². The maximum Gasteiger partial charge on any atom is 0.246 e. The first-order valence-electron chi connectivity index (χ1n) is 6.84. The van der Waals surface area contributed by atoms with Crippen LogP contribution >= 0.6 is 12.4 Å². The number of methoxy groups -OCH3 is 1. The number of nitrogens with one attached hydrogen (secondary N) is 3. The predicted molar refractivity (Wildman–Crippen MR) is 79.9 cm³/mol. The highest BCUT2D eigenvalue weighted by Crippen LogP contribution is 2.05. The molecule has 0 aromatic carbocycles. The molecule has 3 N–H and O–H groups in total. The van der Waals surface area contributed by atoms with Crippen molar-refractivity contribution >= 4 is 24.2 Å². The molecular formula is C13H26ClN3O3. The van der Waals surface area contributed by atoms with Gasteiger partial charge in [0.1, 0.15) is 12.6 Å². The summed E-state index contributed by atoms with van der Waals surface area (Å²) in [4.78, 5) is 23.6. The van der Waals surface area contributed by atoms with Gasteiger partial charge < -0.3 is 20.7 Å². The van der Waals surface area contributed by atoms with E-state index in [2.05, 4.69) is 16.0 Å². The van der Waals surface area contributed by atoms with E-state index in [9.17, 15) is 9.59 Å². The number of carbonyl (C=O) groups excluding carboxylic acids is 2. The molecule has 0 spiro atoms. The molecule has 1 saturated heterocycles. The Bertz CT molecular complexity index is 307. The molecule has 1 rings (SSSR count). The summed E-state index contributed by atoms with van der Waals surface area (Å²) in [5.74, 6) is -0.360. The van der Waals surface area contributed by atoms with Gasteiger partial charge >= 0.3 is 0 Å². The monoisotopic (exact) mass is 307 g/mol. The Hall–Kier alpha value is -0.850. The topological polar surface area (TPSA) is 79.5 Å². The highest BCUT2D eigenvalue weighted by atomic mass is 35.5. The summed E-state index contributed by atoms with van der Waals surface area (Å²) in [6, 6.07) is -0.157. The Morgan fingerprint density at radius 3 is 2.60 bits per heavy atom. The van der Waals surface area contributed by atoms with Crippen molar-refractivity contribution in [3.8, 4) is 0 Å². The number of hydrogen-bond donors (Lipinski definition) is 3. The highest BCUT2D eigenvalue weighted by Gasteiger charge is 2.25. The van der Waals surface area contributed by atoms with E-state index in [0.29, 0.717) is 12.6 Å². The van der Waals surface area contributed by atoms with Crippen LogP contribution in [0.5, 0.6) is 0 Å². The summed E-state index contributed by atoms with van der Waals surface area (Å²) in [6.45, 7) is 5.41. The molecule has 7 heteroatoms. The number of hydrogen-bond acceptors (Lipinski definition) is 4. The molecule has 1 unspecified atom stereocenters. The fraction of sp³-hybridized carbons (Fsp3) is 0.846. The molecule has 1 fully saturated rings. The minimum Gasteiger partial charge on any atom is -0.375 e. The molecule has 0 aliphatic carbocycles. The molecule has 0 radical (unpaired) electrons. The molecule has 118 valence electrons. The van der Waals surface area contributed by atoms with E-state index in [1.54, 1.807) is 0 Å². The van der Waals surface area contributed by atoms with Crippen LogP contribution in [0.4, 0.5) is 0 Å². The third-order valence-electron chi connectivity index (χ3n) is 3.23. The zero-order chi connectivity index (χ0) is 14.3. The summed E-state index contributed by atoms with van der Waals surface area (Å²) in [5, 5.41) is 8.91. The van der Waals surface area contributed by atoms with Gasteiger partial charge in [-0.25, -0.2) is 0 Å². The zero-order valence-electron chi connectivity index (χ0n) is 12.4. The van der Waals surface area contributed by atoms with E-state index >= 15 is 0 Å². The van der Waals surface area contributed by atoms with Gasteiger partial charge in [-0.2, -0.15) is 0 Å². The largest absolute Gasteiger partial charge is 0.375 e. The van der Waals surface area contributed by atoms with Crippen molar-refractivity contribution in [2.45, 2.75) is 38.8 Å². The SMILES string of the molecule is COCC(=O)N[C@H](C(=O)NCC1CCCN1)C(C)C.Cl. The van der Waals surface area contributed by atoms with Crippen LogP contribution in [0.25, 0.3) is 0 Å². The first-order chi connectivity index (χ1) is 9.04. The molecular weight excluding hydrogens is 282 g/mol. The van der Waals surface area contributed by atoms with E-state index in [4.69, 9.17) is 4.74 Å². The Kier molecular flexibility index (Phi) is 9.54. The summed E-state index contributed by atoms with van der Waals surface area (Å²) >= 11 is 0. The van der Waals surface area contributed by atoms with E-state index in [1.165, 1.54) is 7.11 Å². The summed E-state index contributed by atoms with van der Waals surface area (Å²) in [7, 11) is 1.45. The third-order valence-corrected chi connectivity index (χ3v) is 3.23. The Morgan fingerprint density at radius 2 is 2.10 bits per heavy atom. The average Bonchev–Trinajstić information content (AvgIpc) is 2.86. The molecule has 2 amide bonds. The van der Waals surface area contributed by atoms with Crippen molar-refractivity contribution in [1.82, 2.24) is 16.0 Å². The normalized spacial score (nSPS) is 19.3. The van der Waals surface area contributed by atoms with Crippen LogP contribution in [-0.2, 0) is 14.3 Å². The van der Waals surface area contributed by atoms with Gasteiger partial charge in [0.15, 0.2) is 0 Å². The van der Waals surface area contributed by atoms with Crippen LogP contribution in [0, 0.1) is 5.92 Å². The maximum atomic E-state index is 12.1. The molecule has 20 heavy (non-hydrogen) atoms. The number of rotatable bonds is 7. The maximum absolute atomic E-state index is 12.1. The van der Waals surface area contributed by atoms with Gasteiger partial charge in [0, 0.05) is 19.7 Å². The van der Waals surface area contributed by atoms with E-state index in [0.717, 1.165) is 19.4 Å². The van der Waals surface area contributed by atoms with Gasteiger partial charge in [-0.15, -0.1) is 12.4 Å². The van der Waals surface area contributed by atoms with Gasteiger partial charge in [-0.3, -0.25) is 9.59 Å². The Balaban J connectivity index is 0.00000361. The Labute approximate surface area is 126 Å². The van der Waals surface area contributed by atoms with Crippen molar-refractivity contribution in [1.29, 1.82) is 0 Å². The first-order valence-corrected chi connectivity index (χ1v) is 6.84. The van der Waals surface area contributed by atoms with Crippen LogP contribution in [0.2, 0.25) is 0 Å². The molecule has 1 heterocycles. The van der Waals surface area contributed by atoms with Crippen LogP contribution in [0.1, 0.15) is 26.7 Å².